The van der Waals surface area contributed by atoms with Crippen molar-refractivity contribution < 1.29 is 19.4 Å². The minimum atomic E-state index is -0.875. The number of hydrogen-bond acceptors (Lipinski definition) is 5. The lowest BCUT2D eigenvalue weighted by atomic mass is 10.0. The number of methoxy groups -OCH3 is 1. The highest BCUT2D eigenvalue weighted by atomic mass is 16.5. The topological polar surface area (TPSA) is 117 Å². The molecule has 5 N–H and O–H groups in total. The number of para-hydroxylation sites is 1. The number of esters is 1. The molecule has 1 aromatic carbocycles. The number of hydrogen-bond donors (Lipinski definition) is 4. The van der Waals surface area contributed by atoms with Gasteiger partial charge in [-0.1, -0.05) is 18.2 Å². The largest absolute Gasteiger partial charge is 0.494 e. The summed E-state index contributed by atoms with van der Waals surface area (Å²) < 4.78 is 4.42. The molecule has 1 amide bonds. The molecule has 2 aromatic rings. The summed E-state index contributed by atoms with van der Waals surface area (Å²) in [5, 5.41) is 13.1. The van der Waals surface area contributed by atoms with Crippen LogP contribution in [-0.2, 0) is 20.7 Å². The van der Waals surface area contributed by atoms with Gasteiger partial charge in [-0.25, -0.2) is 0 Å². The Morgan fingerprint density at radius 1 is 1.43 bits per heavy atom. The summed E-state index contributed by atoms with van der Waals surface area (Å²) in [4.78, 5) is 25.6. The van der Waals surface area contributed by atoms with Crippen molar-refractivity contribution in [1.82, 2.24) is 10.3 Å². The molecule has 2 rings (SSSR count). The summed E-state index contributed by atoms with van der Waals surface area (Å²) in [6, 6.07) is 6.45. The first-order valence-electron chi connectivity index (χ1n) is 6.41. The maximum Gasteiger partial charge on any atom is 0.325 e. The van der Waals surface area contributed by atoms with Crippen molar-refractivity contribution in [2.24, 2.45) is 5.73 Å². The standard InChI is InChI=1S/C14H17N3O4/c1-21-12(18)7-16-14(20)10(15)6-9-8-4-2-3-5-11(8)17-13(9)19/h2-5,10,17,19H,6-7,15H2,1H3,(H,16,20)/t10-/m0/s1. The smallest absolute Gasteiger partial charge is 0.325 e. The van der Waals surface area contributed by atoms with E-state index in [0.29, 0.717) is 5.56 Å². The Hall–Kier alpha value is -2.54. The fraction of sp³-hybridized carbons (Fsp3) is 0.286. The first-order chi connectivity index (χ1) is 10.0. The van der Waals surface area contributed by atoms with Gasteiger partial charge in [0, 0.05) is 22.9 Å². The quantitative estimate of drug-likeness (QED) is 0.580. The SMILES string of the molecule is COC(=O)CNC(=O)[C@@H](N)Cc1c(O)[nH]c2ccccc12. The van der Waals surface area contributed by atoms with E-state index in [1.807, 2.05) is 24.3 Å². The van der Waals surface area contributed by atoms with Crippen LogP contribution in [0.3, 0.4) is 0 Å². The highest BCUT2D eigenvalue weighted by Crippen LogP contribution is 2.27. The van der Waals surface area contributed by atoms with Crippen molar-refractivity contribution in [1.29, 1.82) is 0 Å². The lowest BCUT2D eigenvalue weighted by Gasteiger charge is -2.11. The first-order valence-corrected chi connectivity index (χ1v) is 6.41. The van der Waals surface area contributed by atoms with Gasteiger partial charge in [0.15, 0.2) is 5.88 Å². The van der Waals surface area contributed by atoms with Crippen molar-refractivity contribution >= 4 is 22.8 Å². The van der Waals surface area contributed by atoms with Gasteiger partial charge in [0.1, 0.15) is 6.54 Å². The lowest BCUT2D eigenvalue weighted by Crippen LogP contribution is -2.44. The summed E-state index contributed by atoms with van der Waals surface area (Å²) in [7, 11) is 1.23. The Bertz CT molecular complexity index is 665. The molecule has 7 nitrogen and oxygen atoms in total. The minimum absolute atomic E-state index is 0.00702. The Morgan fingerprint density at radius 3 is 2.86 bits per heavy atom. The molecule has 0 aliphatic rings. The molecular weight excluding hydrogens is 274 g/mol. The molecule has 21 heavy (non-hydrogen) atoms. The maximum absolute atomic E-state index is 11.8. The summed E-state index contributed by atoms with van der Waals surface area (Å²) in [6.45, 7) is -0.233. The molecule has 0 aliphatic heterocycles. The van der Waals surface area contributed by atoms with Crippen molar-refractivity contribution in [3.8, 4) is 5.88 Å². The second kappa shape index (κ2) is 6.27. The number of aromatic nitrogens is 1. The molecule has 7 heteroatoms. The number of ether oxygens (including phenoxy) is 1. The van der Waals surface area contributed by atoms with E-state index in [2.05, 4.69) is 15.0 Å². The van der Waals surface area contributed by atoms with Crippen LogP contribution in [0.1, 0.15) is 5.56 Å². The Balaban J connectivity index is 2.07. The number of rotatable bonds is 5. The number of benzene rings is 1. The van der Waals surface area contributed by atoms with Gasteiger partial charge in [-0.15, -0.1) is 0 Å². The Kier molecular flexibility index (Phi) is 4.44. The van der Waals surface area contributed by atoms with Gasteiger partial charge in [-0.05, 0) is 6.07 Å². The average Bonchev–Trinajstić information content (AvgIpc) is 2.80. The third kappa shape index (κ3) is 3.32. The summed E-state index contributed by atoms with van der Waals surface area (Å²) in [6.07, 6.45) is 0.156. The number of aromatic hydroxyl groups is 1. The second-order valence-electron chi connectivity index (χ2n) is 4.60. The highest BCUT2D eigenvalue weighted by Gasteiger charge is 2.19. The molecule has 0 fully saturated rings. The Labute approximate surface area is 121 Å². The van der Waals surface area contributed by atoms with Gasteiger partial charge >= 0.3 is 5.97 Å². The van der Waals surface area contributed by atoms with Crippen molar-refractivity contribution in [2.75, 3.05) is 13.7 Å². The normalized spacial score (nSPS) is 12.1. The van der Waals surface area contributed by atoms with E-state index in [0.717, 1.165) is 10.9 Å². The van der Waals surface area contributed by atoms with E-state index in [1.54, 1.807) is 0 Å². The predicted octanol–water partition coefficient (Wildman–Crippen LogP) is 0.0325. The average molecular weight is 291 g/mol. The molecule has 0 aliphatic carbocycles. The first kappa shape index (κ1) is 14.9. The highest BCUT2D eigenvalue weighted by molar-refractivity contribution is 5.89. The molecule has 0 radical (unpaired) electrons. The molecule has 0 spiro atoms. The fourth-order valence-electron chi connectivity index (χ4n) is 2.07. The van der Waals surface area contributed by atoms with Gasteiger partial charge in [-0.2, -0.15) is 0 Å². The summed E-state index contributed by atoms with van der Waals surface area (Å²) in [5.74, 6) is -1.04. The van der Waals surface area contributed by atoms with E-state index < -0.39 is 17.9 Å². The third-order valence-electron chi connectivity index (χ3n) is 3.19. The fourth-order valence-corrected chi connectivity index (χ4v) is 2.07. The van der Waals surface area contributed by atoms with Gasteiger partial charge in [-0.3, -0.25) is 9.59 Å². The second-order valence-corrected chi connectivity index (χ2v) is 4.60. The zero-order chi connectivity index (χ0) is 15.4. The van der Waals surface area contributed by atoms with Crippen LogP contribution in [0.4, 0.5) is 0 Å². The van der Waals surface area contributed by atoms with Crippen LogP contribution in [-0.4, -0.2) is 41.7 Å². The zero-order valence-electron chi connectivity index (χ0n) is 11.6. The summed E-state index contributed by atoms with van der Waals surface area (Å²) >= 11 is 0. The molecular formula is C14H17N3O4. The zero-order valence-corrected chi connectivity index (χ0v) is 11.6. The number of nitrogens with two attached hydrogens (primary N) is 1. The van der Waals surface area contributed by atoms with Crippen molar-refractivity contribution in [3.05, 3.63) is 29.8 Å². The van der Waals surface area contributed by atoms with Crippen LogP contribution in [0.25, 0.3) is 10.9 Å². The van der Waals surface area contributed by atoms with Crippen LogP contribution in [0.5, 0.6) is 5.88 Å². The van der Waals surface area contributed by atoms with Gasteiger partial charge in [0.25, 0.3) is 0 Å². The van der Waals surface area contributed by atoms with E-state index in [-0.39, 0.29) is 18.8 Å². The van der Waals surface area contributed by atoms with Crippen molar-refractivity contribution in [3.63, 3.8) is 0 Å². The van der Waals surface area contributed by atoms with Crippen LogP contribution in [0, 0.1) is 0 Å². The lowest BCUT2D eigenvalue weighted by molar-refractivity contribution is -0.141. The minimum Gasteiger partial charge on any atom is -0.494 e. The molecule has 0 saturated carbocycles. The number of carbonyl (C=O) groups is 2. The van der Waals surface area contributed by atoms with E-state index in [4.69, 9.17) is 5.73 Å². The number of H-pyrrole nitrogens is 1. The number of aromatic amines is 1. The molecule has 0 bridgehead atoms. The Morgan fingerprint density at radius 2 is 2.14 bits per heavy atom. The molecule has 112 valence electrons. The molecule has 1 aromatic heterocycles. The number of carbonyl (C=O) groups excluding carboxylic acids is 2. The monoisotopic (exact) mass is 291 g/mol. The van der Waals surface area contributed by atoms with E-state index in [1.165, 1.54) is 7.11 Å². The van der Waals surface area contributed by atoms with Crippen LogP contribution in [0.15, 0.2) is 24.3 Å². The van der Waals surface area contributed by atoms with Gasteiger partial charge < -0.3 is 25.9 Å². The van der Waals surface area contributed by atoms with Crippen LogP contribution < -0.4 is 11.1 Å². The third-order valence-corrected chi connectivity index (χ3v) is 3.19. The molecule has 1 heterocycles. The molecule has 0 saturated heterocycles. The van der Waals surface area contributed by atoms with Crippen LogP contribution >= 0.6 is 0 Å². The van der Waals surface area contributed by atoms with Gasteiger partial charge in [0.05, 0.1) is 13.2 Å². The van der Waals surface area contributed by atoms with Crippen LogP contribution in [0.2, 0.25) is 0 Å². The predicted molar refractivity (Wildman–Crippen MR) is 76.7 cm³/mol. The number of fused-ring (bicyclic) bond motifs is 1. The number of amides is 1. The van der Waals surface area contributed by atoms with Gasteiger partial charge in [0.2, 0.25) is 5.91 Å². The van der Waals surface area contributed by atoms with E-state index >= 15 is 0 Å². The molecule has 1 atom stereocenters. The van der Waals surface area contributed by atoms with E-state index in [9.17, 15) is 14.7 Å². The number of nitrogens with one attached hydrogen (secondary N) is 2. The maximum atomic E-state index is 11.8. The molecule has 0 unspecified atom stereocenters. The summed E-state index contributed by atoms with van der Waals surface area (Å²) in [5.41, 5.74) is 7.15. The van der Waals surface area contributed by atoms with Crippen molar-refractivity contribution in [2.45, 2.75) is 12.5 Å².